The van der Waals surface area contributed by atoms with Crippen LogP contribution in [0.4, 0.5) is 13.2 Å². The lowest BCUT2D eigenvalue weighted by atomic mass is 9.81. The number of halogens is 3. The summed E-state index contributed by atoms with van der Waals surface area (Å²) < 4.78 is 46.3. The Labute approximate surface area is 169 Å². The van der Waals surface area contributed by atoms with Crippen molar-refractivity contribution in [1.82, 2.24) is 19.7 Å². The van der Waals surface area contributed by atoms with Gasteiger partial charge in [0.2, 0.25) is 0 Å². The molecule has 4 rings (SSSR count). The van der Waals surface area contributed by atoms with Gasteiger partial charge in [-0.05, 0) is 31.5 Å². The van der Waals surface area contributed by atoms with Gasteiger partial charge in [-0.1, -0.05) is 12.1 Å². The van der Waals surface area contributed by atoms with Crippen molar-refractivity contribution in [2.75, 3.05) is 6.61 Å². The molecule has 1 fully saturated rings. The van der Waals surface area contributed by atoms with E-state index < -0.39 is 22.9 Å². The molecule has 0 bridgehead atoms. The van der Waals surface area contributed by atoms with E-state index in [9.17, 15) is 23.1 Å². The van der Waals surface area contributed by atoms with Crippen molar-refractivity contribution < 1.29 is 23.0 Å². The van der Waals surface area contributed by atoms with Crippen molar-refractivity contribution in [2.24, 2.45) is 0 Å². The Kier molecular flexibility index (Phi) is 4.59. The van der Waals surface area contributed by atoms with Crippen LogP contribution in [0.2, 0.25) is 0 Å². The molecule has 2 unspecified atom stereocenters. The van der Waals surface area contributed by atoms with Crippen LogP contribution in [0.1, 0.15) is 35.9 Å². The Balaban J connectivity index is 1.79. The van der Waals surface area contributed by atoms with Crippen molar-refractivity contribution in [3.05, 3.63) is 75.6 Å². The Hall–Kier alpha value is -2.98. The fourth-order valence-electron chi connectivity index (χ4n) is 3.72. The summed E-state index contributed by atoms with van der Waals surface area (Å²) >= 11 is 0. The summed E-state index contributed by atoms with van der Waals surface area (Å²) in [6, 6.07) is 5.94. The Morgan fingerprint density at radius 3 is 2.50 bits per heavy atom. The second kappa shape index (κ2) is 6.78. The van der Waals surface area contributed by atoms with Crippen LogP contribution in [0, 0.1) is 6.92 Å². The highest BCUT2D eigenvalue weighted by atomic mass is 19.4. The molecule has 1 aliphatic rings. The first-order chi connectivity index (χ1) is 14.0. The molecule has 30 heavy (non-hydrogen) atoms. The summed E-state index contributed by atoms with van der Waals surface area (Å²) in [4.78, 5) is 18.5. The maximum atomic E-state index is 13.0. The van der Waals surface area contributed by atoms with Crippen molar-refractivity contribution >= 4 is 0 Å². The maximum absolute atomic E-state index is 13.0. The first-order valence-corrected chi connectivity index (χ1v) is 9.16. The van der Waals surface area contributed by atoms with E-state index in [1.807, 2.05) is 0 Å². The second-order valence-corrected chi connectivity index (χ2v) is 7.73. The number of hydrogen-bond acceptors (Lipinski definition) is 5. The number of H-pyrrole nitrogens is 1. The lowest BCUT2D eigenvalue weighted by molar-refractivity contribution is -0.137. The maximum Gasteiger partial charge on any atom is 0.416 e. The quantitative estimate of drug-likeness (QED) is 0.680. The lowest BCUT2D eigenvalue weighted by Gasteiger charge is -2.29. The third-order valence-corrected chi connectivity index (χ3v) is 5.07. The van der Waals surface area contributed by atoms with Crippen LogP contribution in [-0.2, 0) is 16.5 Å². The number of rotatable bonds is 3. The van der Waals surface area contributed by atoms with Gasteiger partial charge in [0.1, 0.15) is 11.4 Å². The van der Waals surface area contributed by atoms with E-state index in [0.29, 0.717) is 17.0 Å². The van der Waals surface area contributed by atoms with E-state index in [1.165, 1.54) is 29.1 Å². The summed E-state index contributed by atoms with van der Waals surface area (Å²) in [6.07, 6.45) is -1.24. The van der Waals surface area contributed by atoms with Gasteiger partial charge in [0.15, 0.2) is 5.82 Å². The Bertz CT molecular complexity index is 1140. The van der Waals surface area contributed by atoms with E-state index in [1.54, 1.807) is 20.0 Å². The van der Waals surface area contributed by atoms with Gasteiger partial charge in [-0.2, -0.15) is 18.3 Å². The highest BCUT2D eigenvalue weighted by Crippen LogP contribution is 2.46. The van der Waals surface area contributed by atoms with Crippen LogP contribution in [0.15, 0.2) is 47.5 Å². The standard InChI is InChI=1S/C20H19F3N4O3/c1-12-25-16(7-17(28)26-12)27-9-15(8-24-27)19(10-18(2,29)11-30-19)13-3-5-14(6-4-13)20(21,22)23/h3-9,29H,10-11H2,1-2H3,(H,25,26,28). The van der Waals surface area contributed by atoms with Crippen LogP contribution >= 0.6 is 0 Å². The third kappa shape index (κ3) is 3.63. The fraction of sp³-hybridized carbons (Fsp3) is 0.350. The summed E-state index contributed by atoms with van der Waals surface area (Å²) in [7, 11) is 0. The summed E-state index contributed by atoms with van der Waals surface area (Å²) in [5, 5.41) is 14.8. The molecule has 2 N–H and O–H groups in total. The number of hydrogen-bond donors (Lipinski definition) is 2. The van der Waals surface area contributed by atoms with Crippen molar-refractivity contribution in [1.29, 1.82) is 0 Å². The van der Waals surface area contributed by atoms with Crippen LogP contribution in [0.5, 0.6) is 0 Å². The molecule has 3 heterocycles. The average molecular weight is 420 g/mol. The van der Waals surface area contributed by atoms with Crippen LogP contribution in [-0.4, -0.2) is 37.1 Å². The molecule has 10 heteroatoms. The molecule has 2 aromatic heterocycles. The van der Waals surface area contributed by atoms with Crippen LogP contribution < -0.4 is 5.56 Å². The SMILES string of the molecule is Cc1nc(-n2cc(C3(c4ccc(C(F)(F)F)cc4)CC(C)(O)CO3)cn2)cc(=O)[nH]1. The molecule has 3 aromatic rings. The van der Waals surface area contributed by atoms with E-state index in [0.717, 1.165) is 12.1 Å². The molecule has 1 aliphatic heterocycles. The zero-order valence-corrected chi connectivity index (χ0v) is 16.2. The number of nitrogens with one attached hydrogen (secondary N) is 1. The number of benzene rings is 1. The topological polar surface area (TPSA) is 93.0 Å². The van der Waals surface area contributed by atoms with Crippen molar-refractivity contribution in [2.45, 2.75) is 37.6 Å². The molecular weight excluding hydrogens is 401 g/mol. The second-order valence-electron chi connectivity index (χ2n) is 7.73. The molecule has 2 atom stereocenters. The normalized spacial score (nSPS) is 24.3. The number of alkyl halides is 3. The molecule has 1 saturated heterocycles. The minimum absolute atomic E-state index is 0.00155. The minimum Gasteiger partial charge on any atom is -0.388 e. The molecular formula is C20H19F3N4O3. The largest absolute Gasteiger partial charge is 0.416 e. The van der Waals surface area contributed by atoms with Gasteiger partial charge in [0, 0.05) is 24.2 Å². The summed E-state index contributed by atoms with van der Waals surface area (Å²) in [5.74, 6) is 0.696. The Morgan fingerprint density at radius 1 is 1.23 bits per heavy atom. The van der Waals surface area contributed by atoms with Gasteiger partial charge in [-0.3, -0.25) is 4.79 Å². The highest BCUT2D eigenvalue weighted by molar-refractivity contribution is 5.39. The molecule has 0 aliphatic carbocycles. The summed E-state index contributed by atoms with van der Waals surface area (Å²) in [5.41, 5.74) is -2.49. The zero-order valence-electron chi connectivity index (χ0n) is 16.2. The van der Waals surface area contributed by atoms with Gasteiger partial charge in [-0.25, -0.2) is 9.67 Å². The van der Waals surface area contributed by atoms with Gasteiger partial charge in [0.25, 0.3) is 5.56 Å². The Morgan fingerprint density at radius 2 is 1.93 bits per heavy atom. The van der Waals surface area contributed by atoms with Crippen LogP contribution in [0.3, 0.4) is 0 Å². The monoisotopic (exact) mass is 420 g/mol. The number of aliphatic hydroxyl groups is 1. The van der Waals surface area contributed by atoms with E-state index in [2.05, 4.69) is 15.1 Å². The molecule has 0 amide bonds. The highest BCUT2D eigenvalue weighted by Gasteiger charge is 2.49. The first kappa shape index (κ1) is 20.3. The van der Waals surface area contributed by atoms with Crippen molar-refractivity contribution in [3.63, 3.8) is 0 Å². The predicted molar refractivity (Wildman–Crippen MR) is 100 cm³/mol. The number of ether oxygens (including phenoxy) is 1. The third-order valence-electron chi connectivity index (χ3n) is 5.07. The fourth-order valence-corrected chi connectivity index (χ4v) is 3.72. The molecule has 1 aromatic carbocycles. The van der Waals surface area contributed by atoms with Crippen LogP contribution in [0.25, 0.3) is 5.82 Å². The molecule has 0 radical (unpaired) electrons. The molecule has 7 nitrogen and oxygen atoms in total. The van der Waals surface area contributed by atoms with E-state index in [4.69, 9.17) is 4.74 Å². The average Bonchev–Trinajstić information content (AvgIpc) is 3.26. The number of nitrogens with zero attached hydrogens (tertiary/aromatic N) is 3. The molecule has 158 valence electrons. The van der Waals surface area contributed by atoms with Crippen molar-refractivity contribution in [3.8, 4) is 5.82 Å². The smallest absolute Gasteiger partial charge is 0.388 e. The first-order valence-electron chi connectivity index (χ1n) is 9.16. The molecule has 0 saturated carbocycles. The summed E-state index contributed by atoms with van der Waals surface area (Å²) in [6.45, 7) is 3.24. The number of aryl methyl sites for hydroxylation is 1. The lowest BCUT2D eigenvalue weighted by Crippen LogP contribution is -2.30. The predicted octanol–water partition coefficient (Wildman–Crippen LogP) is 2.70. The van der Waals surface area contributed by atoms with Gasteiger partial charge >= 0.3 is 6.18 Å². The van der Waals surface area contributed by atoms with Gasteiger partial charge < -0.3 is 14.8 Å². The van der Waals surface area contributed by atoms with E-state index in [-0.39, 0.29) is 24.4 Å². The zero-order chi connectivity index (χ0) is 21.7. The molecule has 0 spiro atoms. The van der Waals surface area contributed by atoms with Gasteiger partial charge in [-0.15, -0.1) is 0 Å². The number of aromatic nitrogens is 4. The minimum atomic E-state index is -4.46. The number of aromatic amines is 1. The van der Waals surface area contributed by atoms with Gasteiger partial charge in [0.05, 0.1) is 24.0 Å². The van der Waals surface area contributed by atoms with E-state index >= 15 is 0 Å².